The number of hydrogen-bond acceptors (Lipinski definition) is 5. The number of nitrogens with zero attached hydrogens (tertiary/aromatic N) is 1. The summed E-state index contributed by atoms with van der Waals surface area (Å²) in [6, 6.07) is 10.1. The van der Waals surface area contributed by atoms with Gasteiger partial charge < -0.3 is 9.73 Å². The van der Waals surface area contributed by atoms with Crippen molar-refractivity contribution in [2.75, 3.05) is 0 Å². The normalized spacial score (nSPS) is 27.5. The molecule has 1 aliphatic heterocycles. The molecule has 4 unspecified atom stereocenters. The topological polar surface area (TPSA) is 90.1 Å². The van der Waals surface area contributed by atoms with Crippen LogP contribution in [0.25, 0.3) is 0 Å². The summed E-state index contributed by atoms with van der Waals surface area (Å²) in [5.74, 6) is 0.350. The Bertz CT molecular complexity index is 840. The highest BCUT2D eigenvalue weighted by Gasteiger charge is 2.41. The standard InChI is InChI=1S/C20H22N4O2/c1-12-8-13(10-21)2-4-16(12)20(25)22-15-3-5-18-17(9-15)19(24-23-18)14-6-7-26-11-14/h2,4,6-8,11,15,17-19,23-24H,3,5,9H2,1H3,(H,22,25). The first-order valence-corrected chi connectivity index (χ1v) is 9.00. The summed E-state index contributed by atoms with van der Waals surface area (Å²) in [6.07, 6.45) is 6.37. The number of nitriles is 1. The van der Waals surface area contributed by atoms with Gasteiger partial charge in [0.05, 0.1) is 30.2 Å². The number of hydrazine groups is 1. The Hall–Kier alpha value is -2.62. The molecular weight excluding hydrogens is 328 g/mol. The van der Waals surface area contributed by atoms with Crippen LogP contribution in [-0.2, 0) is 0 Å². The summed E-state index contributed by atoms with van der Waals surface area (Å²) in [5.41, 5.74) is 9.95. The number of carbonyl (C=O) groups is 1. The van der Waals surface area contributed by atoms with E-state index in [0.29, 0.717) is 23.1 Å². The number of fused-ring (bicyclic) bond motifs is 1. The summed E-state index contributed by atoms with van der Waals surface area (Å²) < 4.78 is 5.23. The zero-order valence-electron chi connectivity index (χ0n) is 14.7. The van der Waals surface area contributed by atoms with Crippen LogP contribution in [0.2, 0.25) is 0 Å². The molecule has 2 fully saturated rings. The maximum atomic E-state index is 12.7. The van der Waals surface area contributed by atoms with Crippen molar-refractivity contribution in [1.29, 1.82) is 5.26 Å². The summed E-state index contributed by atoms with van der Waals surface area (Å²) >= 11 is 0. The van der Waals surface area contributed by atoms with Crippen molar-refractivity contribution in [2.45, 2.75) is 44.3 Å². The van der Waals surface area contributed by atoms with Gasteiger partial charge in [-0.15, -0.1) is 0 Å². The Kier molecular flexibility index (Phi) is 4.49. The van der Waals surface area contributed by atoms with E-state index in [9.17, 15) is 4.79 Å². The Morgan fingerprint density at radius 2 is 2.19 bits per heavy atom. The molecule has 1 aromatic heterocycles. The van der Waals surface area contributed by atoms with Crippen LogP contribution in [0.4, 0.5) is 0 Å². The average molecular weight is 350 g/mol. The van der Waals surface area contributed by atoms with Crippen molar-refractivity contribution in [2.24, 2.45) is 5.92 Å². The van der Waals surface area contributed by atoms with Gasteiger partial charge in [0.15, 0.2) is 0 Å². The van der Waals surface area contributed by atoms with Gasteiger partial charge in [-0.3, -0.25) is 10.2 Å². The van der Waals surface area contributed by atoms with Crippen molar-refractivity contribution < 1.29 is 9.21 Å². The van der Waals surface area contributed by atoms with Gasteiger partial charge in [-0.2, -0.15) is 5.26 Å². The Morgan fingerprint density at radius 1 is 1.31 bits per heavy atom. The highest BCUT2D eigenvalue weighted by atomic mass is 16.3. The summed E-state index contributed by atoms with van der Waals surface area (Å²) in [7, 11) is 0. The number of amides is 1. The SMILES string of the molecule is Cc1cc(C#N)ccc1C(=O)NC1CCC2NNC(c3ccoc3)C2C1. The zero-order chi connectivity index (χ0) is 18.1. The summed E-state index contributed by atoms with van der Waals surface area (Å²) in [5, 5.41) is 12.2. The second-order valence-corrected chi connectivity index (χ2v) is 7.22. The van der Waals surface area contributed by atoms with Gasteiger partial charge >= 0.3 is 0 Å². The van der Waals surface area contributed by atoms with E-state index in [-0.39, 0.29) is 18.0 Å². The lowest BCUT2D eigenvalue weighted by Gasteiger charge is -2.33. The molecule has 1 amide bonds. The highest BCUT2D eigenvalue weighted by Crippen LogP contribution is 2.38. The lowest BCUT2D eigenvalue weighted by atomic mass is 9.77. The van der Waals surface area contributed by atoms with Crippen LogP contribution < -0.4 is 16.2 Å². The number of hydrogen-bond donors (Lipinski definition) is 3. The van der Waals surface area contributed by atoms with E-state index >= 15 is 0 Å². The van der Waals surface area contributed by atoms with E-state index in [4.69, 9.17) is 9.68 Å². The van der Waals surface area contributed by atoms with Crippen LogP contribution in [0.5, 0.6) is 0 Å². The predicted molar refractivity (Wildman–Crippen MR) is 96.0 cm³/mol. The lowest BCUT2D eigenvalue weighted by Crippen LogP contribution is -2.44. The number of benzene rings is 1. The third-order valence-corrected chi connectivity index (χ3v) is 5.59. The zero-order valence-corrected chi connectivity index (χ0v) is 14.7. The van der Waals surface area contributed by atoms with Crippen LogP contribution >= 0.6 is 0 Å². The first-order valence-electron chi connectivity index (χ1n) is 9.00. The Labute approximate surface area is 152 Å². The van der Waals surface area contributed by atoms with Crippen molar-refractivity contribution in [1.82, 2.24) is 16.2 Å². The van der Waals surface area contributed by atoms with Crippen molar-refractivity contribution >= 4 is 5.91 Å². The molecule has 6 heteroatoms. The fourth-order valence-corrected chi connectivity index (χ4v) is 4.22. The molecule has 0 bridgehead atoms. The number of furan rings is 1. The first-order chi connectivity index (χ1) is 12.7. The number of nitrogens with one attached hydrogen (secondary N) is 3. The number of rotatable bonds is 3. The molecule has 2 aliphatic rings. The average Bonchev–Trinajstić information content (AvgIpc) is 3.30. The maximum absolute atomic E-state index is 12.7. The van der Waals surface area contributed by atoms with Gasteiger partial charge in [0.1, 0.15) is 0 Å². The van der Waals surface area contributed by atoms with Crippen LogP contribution in [-0.4, -0.2) is 18.0 Å². The molecule has 3 N–H and O–H groups in total. The summed E-state index contributed by atoms with van der Waals surface area (Å²) in [4.78, 5) is 12.7. The third-order valence-electron chi connectivity index (χ3n) is 5.59. The van der Waals surface area contributed by atoms with E-state index in [1.165, 1.54) is 0 Å². The molecule has 4 rings (SSSR count). The van der Waals surface area contributed by atoms with Crippen LogP contribution in [0.15, 0.2) is 41.2 Å². The Morgan fingerprint density at radius 3 is 2.92 bits per heavy atom. The summed E-state index contributed by atoms with van der Waals surface area (Å²) in [6.45, 7) is 1.87. The predicted octanol–water partition coefficient (Wildman–Crippen LogP) is 2.58. The molecule has 4 atom stereocenters. The molecule has 2 aromatic rings. The van der Waals surface area contributed by atoms with Crippen LogP contribution in [0, 0.1) is 24.2 Å². The van der Waals surface area contributed by atoms with Crippen LogP contribution in [0.1, 0.15) is 52.4 Å². The highest BCUT2D eigenvalue weighted by molar-refractivity contribution is 5.96. The largest absolute Gasteiger partial charge is 0.472 e. The van der Waals surface area contributed by atoms with Gasteiger partial charge in [0, 0.05) is 23.2 Å². The molecule has 6 nitrogen and oxygen atoms in total. The number of carbonyl (C=O) groups excluding carboxylic acids is 1. The molecule has 1 saturated heterocycles. The van der Waals surface area contributed by atoms with E-state index < -0.39 is 0 Å². The molecule has 0 spiro atoms. The lowest BCUT2D eigenvalue weighted by molar-refractivity contribution is 0.0914. The first kappa shape index (κ1) is 16.8. The Balaban J connectivity index is 1.44. The van der Waals surface area contributed by atoms with E-state index in [2.05, 4.69) is 22.2 Å². The van der Waals surface area contributed by atoms with Gasteiger partial charge in [0.25, 0.3) is 5.91 Å². The second kappa shape index (κ2) is 6.94. The molecule has 0 radical (unpaired) electrons. The van der Waals surface area contributed by atoms with E-state index in [1.807, 2.05) is 13.0 Å². The van der Waals surface area contributed by atoms with Gasteiger partial charge in [0.2, 0.25) is 0 Å². The van der Waals surface area contributed by atoms with E-state index in [1.54, 1.807) is 30.7 Å². The molecule has 26 heavy (non-hydrogen) atoms. The smallest absolute Gasteiger partial charge is 0.251 e. The van der Waals surface area contributed by atoms with Crippen molar-refractivity contribution in [3.63, 3.8) is 0 Å². The molecule has 1 aromatic carbocycles. The van der Waals surface area contributed by atoms with Crippen molar-refractivity contribution in [3.05, 3.63) is 59.0 Å². The minimum Gasteiger partial charge on any atom is -0.472 e. The van der Waals surface area contributed by atoms with E-state index in [0.717, 1.165) is 30.4 Å². The van der Waals surface area contributed by atoms with Gasteiger partial charge in [-0.1, -0.05) is 0 Å². The second-order valence-electron chi connectivity index (χ2n) is 7.22. The van der Waals surface area contributed by atoms with Gasteiger partial charge in [-0.05, 0) is 61.9 Å². The minimum absolute atomic E-state index is 0.0609. The third kappa shape index (κ3) is 3.12. The fourth-order valence-electron chi connectivity index (χ4n) is 4.22. The maximum Gasteiger partial charge on any atom is 0.251 e. The van der Waals surface area contributed by atoms with Gasteiger partial charge in [-0.25, -0.2) is 5.43 Å². The molecule has 2 heterocycles. The molecule has 134 valence electrons. The fraction of sp³-hybridized carbons (Fsp3) is 0.400. The minimum atomic E-state index is -0.0609. The quantitative estimate of drug-likeness (QED) is 0.791. The molecule has 1 aliphatic carbocycles. The monoisotopic (exact) mass is 350 g/mol. The van der Waals surface area contributed by atoms with Crippen LogP contribution in [0.3, 0.4) is 0 Å². The molecular formula is C20H22N4O2. The number of aryl methyl sites for hydroxylation is 1. The van der Waals surface area contributed by atoms with Crippen molar-refractivity contribution in [3.8, 4) is 6.07 Å². The molecule has 1 saturated carbocycles.